The van der Waals surface area contributed by atoms with Crippen molar-refractivity contribution in [2.75, 3.05) is 4.72 Å². The van der Waals surface area contributed by atoms with Gasteiger partial charge in [-0.25, -0.2) is 12.8 Å². The van der Waals surface area contributed by atoms with Gasteiger partial charge in [0.05, 0.1) is 10.6 Å². The van der Waals surface area contributed by atoms with Crippen LogP contribution in [0.25, 0.3) is 0 Å². The van der Waals surface area contributed by atoms with Crippen molar-refractivity contribution in [1.29, 1.82) is 0 Å². The molecule has 3 aromatic rings. The topological polar surface area (TPSA) is 89.5 Å². The summed E-state index contributed by atoms with van der Waals surface area (Å²) in [5.74, 6) is -0.496. The van der Waals surface area contributed by atoms with Gasteiger partial charge in [-0.3, -0.25) is 4.72 Å². The molecule has 0 bridgehead atoms. The highest BCUT2D eigenvalue weighted by atomic mass is 32.2. The second-order valence-electron chi connectivity index (χ2n) is 6.39. The highest BCUT2D eigenvalue weighted by Gasteiger charge is 2.19. The van der Waals surface area contributed by atoms with Crippen LogP contribution in [0.4, 0.5) is 10.1 Å². The third-order valence-corrected chi connectivity index (χ3v) is 6.73. The van der Waals surface area contributed by atoms with Gasteiger partial charge in [-0.1, -0.05) is 17.7 Å². The minimum atomic E-state index is -4.04. The average Bonchev–Trinajstić information content (AvgIpc) is 2.64. The van der Waals surface area contributed by atoms with E-state index in [0.29, 0.717) is 5.56 Å². The minimum Gasteiger partial charge on any atom is -0.379 e. The molecule has 0 fully saturated rings. The maximum absolute atomic E-state index is 13.2. The molecule has 6 nitrogen and oxygen atoms in total. The fourth-order valence-corrected chi connectivity index (χ4v) is 4.56. The molecule has 0 spiro atoms. The maximum Gasteiger partial charge on any atom is 0.339 e. The van der Waals surface area contributed by atoms with Crippen molar-refractivity contribution in [3.05, 3.63) is 83.7 Å². The van der Waals surface area contributed by atoms with Crippen LogP contribution in [0.2, 0.25) is 0 Å². The number of halogens is 1. The van der Waals surface area contributed by atoms with Gasteiger partial charge < -0.3 is 4.18 Å². The predicted molar refractivity (Wildman–Crippen MR) is 107 cm³/mol. The second-order valence-corrected chi connectivity index (χ2v) is 9.62. The molecule has 0 saturated carbocycles. The number of hydrogen-bond acceptors (Lipinski definition) is 5. The van der Waals surface area contributed by atoms with Crippen molar-refractivity contribution in [2.24, 2.45) is 0 Å². The molecule has 0 saturated heterocycles. The van der Waals surface area contributed by atoms with E-state index < -0.39 is 26.0 Å². The van der Waals surface area contributed by atoms with Gasteiger partial charge in [0.2, 0.25) is 0 Å². The molecular weight excluding hydrogens is 417 g/mol. The summed E-state index contributed by atoms with van der Waals surface area (Å²) in [6.45, 7) is 3.41. The third kappa shape index (κ3) is 4.93. The van der Waals surface area contributed by atoms with Crippen LogP contribution in [0.5, 0.6) is 5.75 Å². The Morgan fingerprint density at radius 2 is 1.38 bits per heavy atom. The van der Waals surface area contributed by atoms with E-state index in [1.807, 2.05) is 6.92 Å². The fourth-order valence-electron chi connectivity index (χ4n) is 2.50. The zero-order valence-electron chi connectivity index (χ0n) is 15.6. The molecule has 29 heavy (non-hydrogen) atoms. The van der Waals surface area contributed by atoms with Gasteiger partial charge in [0.25, 0.3) is 10.0 Å². The Kier molecular flexibility index (Phi) is 5.63. The molecule has 0 aromatic heterocycles. The van der Waals surface area contributed by atoms with E-state index in [0.717, 1.165) is 11.6 Å². The van der Waals surface area contributed by atoms with E-state index in [1.54, 1.807) is 19.1 Å². The first-order chi connectivity index (χ1) is 13.6. The van der Waals surface area contributed by atoms with Crippen LogP contribution in [0.3, 0.4) is 0 Å². The lowest BCUT2D eigenvalue weighted by atomic mass is 10.2. The number of nitrogens with one attached hydrogen (secondary N) is 1. The fraction of sp³-hybridized carbons (Fsp3) is 0.100. The molecule has 3 aromatic carbocycles. The zero-order chi connectivity index (χ0) is 21.2. The molecule has 0 heterocycles. The van der Waals surface area contributed by atoms with Crippen molar-refractivity contribution in [3.63, 3.8) is 0 Å². The number of rotatable bonds is 6. The first kappa shape index (κ1) is 20.8. The van der Waals surface area contributed by atoms with Crippen LogP contribution < -0.4 is 8.91 Å². The summed E-state index contributed by atoms with van der Waals surface area (Å²) in [5, 5.41) is 0. The van der Waals surface area contributed by atoms with E-state index in [2.05, 4.69) is 4.72 Å². The lowest BCUT2D eigenvalue weighted by Gasteiger charge is -2.11. The van der Waals surface area contributed by atoms with E-state index >= 15 is 0 Å². The van der Waals surface area contributed by atoms with Crippen LogP contribution >= 0.6 is 0 Å². The summed E-state index contributed by atoms with van der Waals surface area (Å²) in [4.78, 5) is -0.102. The molecule has 9 heteroatoms. The molecule has 3 rings (SSSR count). The first-order valence-corrected chi connectivity index (χ1v) is 11.4. The second kappa shape index (κ2) is 7.84. The van der Waals surface area contributed by atoms with Crippen molar-refractivity contribution in [1.82, 2.24) is 0 Å². The van der Waals surface area contributed by atoms with Crippen LogP contribution in [0.1, 0.15) is 11.1 Å². The maximum atomic E-state index is 13.2. The van der Waals surface area contributed by atoms with Crippen LogP contribution in [-0.2, 0) is 20.1 Å². The van der Waals surface area contributed by atoms with Crippen molar-refractivity contribution in [3.8, 4) is 5.75 Å². The molecule has 0 radical (unpaired) electrons. The molecular formula is C20H18FNO5S2. The minimum absolute atomic E-state index is 0.00625. The molecule has 0 atom stereocenters. The zero-order valence-corrected chi connectivity index (χ0v) is 17.2. The molecule has 0 amide bonds. The first-order valence-electron chi connectivity index (χ1n) is 8.47. The molecule has 0 unspecified atom stereocenters. The number of hydrogen-bond donors (Lipinski definition) is 1. The Morgan fingerprint density at radius 3 is 1.97 bits per heavy atom. The summed E-state index contributed by atoms with van der Waals surface area (Å²) in [6.07, 6.45) is 0. The lowest BCUT2D eigenvalue weighted by Crippen LogP contribution is -2.14. The van der Waals surface area contributed by atoms with Gasteiger partial charge in [-0.2, -0.15) is 8.42 Å². The Hall–Kier alpha value is -2.91. The normalized spacial score (nSPS) is 11.8. The number of anilines is 1. The van der Waals surface area contributed by atoms with Crippen LogP contribution in [0.15, 0.2) is 76.5 Å². The highest BCUT2D eigenvalue weighted by Crippen LogP contribution is 2.24. The molecule has 1 N–H and O–H groups in total. The van der Waals surface area contributed by atoms with Crippen molar-refractivity contribution >= 4 is 25.8 Å². The number of sulfonamides is 1. The Morgan fingerprint density at radius 1 is 0.793 bits per heavy atom. The third-order valence-electron chi connectivity index (χ3n) is 4.08. The largest absolute Gasteiger partial charge is 0.379 e. The summed E-state index contributed by atoms with van der Waals surface area (Å²) in [7, 11) is -7.98. The average molecular weight is 435 g/mol. The number of aryl methyl sites for hydroxylation is 2. The molecule has 0 aliphatic rings. The van der Waals surface area contributed by atoms with Gasteiger partial charge in [-0.05, 0) is 74.0 Å². The van der Waals surface area contributed by atoms with Crippen molar-refractivity contribution < 1.29 is 25.4 Å². The monoisotopic (exact) mass is 435 g/mol. The standard InChI is InChI=1S/C20H18FNO5S2/c1-14-3-8-19(9-4-14)29(25,26)27-17-6-10-18(11-7-17)28(23,24)22-20-12-5-16(21)13-15(20)2/h3-13,22H,1-2H3. The van der Waals surface area contributed by atoms with Gasteiger partial charge in [0, 0.05) is 0 Å². The molecule has 0 aliphatic carbocycles. The predicted octanol–water partition coefficient (Wildman–Crippen LogP) is 4.01. The van der Waals surface area contributed by atoms with Gasteiger partial charge in [0.1, 0.15) is 16.5 Å². The van der Waals surface area contributed by atoms with Gasteiger partial charge in [-0.15, -0.1) is 0 Å². The summed E-state index contributed by atoms with van der Waals surface area (Å²) >= 11 is 0. The van der Waals surface area contributed by atoms with Gasteiger partial charge >= 0.3 is 10.1 Å². The van der Waals surface area contributed by atoms with Crippen LogP contribution in [-0.4, -0.2) is 16.8 Å². The summed E-state index contributed by atoms with van der Waals surface area (Å²) in [5.41, 5.74) is 1.58. The number of benzene rings is 3. The highest BCUT2D eigenvalue weighted by molar-refractivity contribution is 7.92. The quantitative estimate of drug-likeness (QED) is 0.591. The summed E-state index contributed by atoms with van der Waals surface area (Å²) < 4.78 is 70.3. The van der Waals surface area contributed by atoms with Crippen molar-refractivity contribution in [2.45, 2.75) is 23.6 Å². The van der Waals surface area contributed by atoms with E-state index in [4.69, 9.17) is 4.18 Å². The lowest BCUT2D eigenvalue weighted by molar-refractivity contribution is 0.486. The van der Waals surface area contributed by atoms with Crippen LogP contribution in [0, 0.1) is 19.7 Å². The Labute approximate surface area is 169 Å². The molecule has 152 valence electrons. The van der Waals surface area contributed by atoms with Gasteiger partial charge in [0.15, 0.2) is 0 Å². The summed E-state index contributed by atoms with van der Waals surface area (Å²) in [6, 6.07) is 14.8. The smallest absolute Gasteiger partial charge is 0.339 e. The SMILES string of the molecule is Cc1ccc(S(=O)(=O)Oc2ccc(S(=O)(=O)Nc3ccc(F)cc3C)cc2)cc1. The molecule has 0 aliphatic heterocycles. The van der Waals surface area contributed by atoms with E-state index in [-0.39, 0.29) is 21.2 Å². The Balaban J connectivity index is 1.79. The van der Waals surface area contributed by atoms with E-state index in [9.17, 15) is 21.2 Å². The Bertz CT molecular complexity index is 1240. The van der Waals surface area contributed by atoms with E-state index in [1.165, 1.54) is 48.5 Å².